The number of ether oxygens (including phenoxy) is 10. The van der Waals surface area contributed by atoms with E-state index in [0.717, 1.165) is 25.7 Å². The number of phosphoric ester groups is 1. The fourth-order valence-electron chi connectivity index (χ4n) is 16.4. The quantitative estimate of drug-likeness (QED) is 0.0217. The van der Waals surface area contributed by atoms with Gasteiger partial charge in [0.05, 0.1) is 91.1 Å². The molecular weight excluding hydrogens is 1890 g/mol. The van der Waals surface area contributed by atoms with Crippen molar-refractivity contribution in [2.75, 3.05) is 144 Å². The third-order valence-electron chi connectivity index (χ3n) is 24.0. The molecule has 5 saturated heterocycles. The maximum absolute atomic E-state index is 14.2. The Bertz CT molecular complexity index is 3920. The van der Waals surface area contributed by atoms with Crippen LogP contribution in [-0.4, -0.2) is 411 Å². The molecule has 1 unspecified atom stereocenters. The number of nitrogens with one attached hydrogen (secondary N) is 10. The SMILES string of the molecule is CC(=O)N[C@H]1[C@H](OCCCCC(=O)NCCCNC(=O)CCOCC(COCCC(=O)NCCCNC(=O)CCCCO[C@@H]2O[C@H](CO)[C@H](O)[C@H](O)[C@H]2NC(C)=O)(COCCC(=O)NCCCNC(=O)CCCCO[C@@H]2O[C@H](CO)[C@H](O)[C@H](O)[C@H]2NC(C)=O)NC(=O)CCCCCCCCCCC(=O)N2C[C@H](O)C[C@H]2COP(=O)(O)O[C@H]2C[C@H](n3cnc4c(N)ncnc43)O[C@@H]2CO)O[C@H](CO)[C@H](O)[C@@H]1O. The Morgan fingerprint density at radius 3 is 1.18 bits per heavy atom. The van der Waals surface area contributed by atoms with Crippen LogP contribution in [0.25, 0.3) is 11.2 Å². The van der Waals surface area contributed by atoms with Gasteiger partial charge in [0.2, 0.25) is 65.0 Å². The molecule has 5 fully saturated rings. The van der Waals surface area contributed by atoms with Gasteiger partial charge in [-0.05, 0) is 77.0 Å². The fraction of sp³-hybridized carbons (Fsp3) is 0.818. The van der Waals surface area contributed by atoms with E-state index in [9.17, 15) is 118 Å². The molecule has 0 aromatic carbocycles. The van der Waals surface area contributed by atoms with Gasteiger partial charge < -0.3 is 172 Å². The van der Waals surface area contributed by atoms with E-state index in [0.29, 0.717) is 94.6 Å². The van der Waals surface area contributed by atoms with Crippen molar-refractivity contribution in [3.8, 4) is 0 Å². The topological polar surface area (TPSA) is 752 Å². The van der Waals surface area contributed by atoms with Crippen LogP contribution < -0.4 is 58.9 Å². The molecular formula is C88H151N16O36P. The number of fused-ring (bicyclic) bond motifs is 1. The van der Waals surface area contributed by atoms with E-state index in [-0.39, 0.29) is 199 Å². The van der Waals surface area contributed by atoms with Gasteiger partial charge in [0.1, 0.15) is 109 Å². The summed E-state index contributed by atoms with van der Waals surface area (Å²) in [6.07, 6.45) is -8.09. The van der Waals surface area contributed by atoms with Crippen molar-refractivity contribution < 1.29 is 175 Å². The van der Waals surface area contributed by atoms with E-state index in [1.54, 1.807) is 4.57 Å². The molecule has 5 aliphatic rings. The van der Waals surface area contributed by atoms with Crippen LogP contribution in [0.2, 0.25) is 0 Å². The summed E-state index contributed by atoms with van der Waals surface area (Å²) >= 11 is 0. The molecule has 21 atom stereocenters. The van der Waals surface area contributed by atoms with Gasteiger partial charge in [0.25, 0.3) is 0 Å². The lowest BCUT2D eigenvalue weighted by Gasteiger charge is -2.42. The maximum Gasteiger partial charge on any atom is 0.472 e. The molecule has 52 nitrogen and oxygen atoms in total. The number of nitrogens with zero attached hydrogens (tertiary/aromatic N) is 5. The van der Waals surface area contributed by atoms with Crippen LogP contribution in [0, 0.1) is 0 Å². The molecule has 804 valence electrons. The Labute approximate surface area is 817 Å². The van der Waals surface area contributed by atoms with Gasteiger partial charge in [-0.1, -0.05) is 38.5 Å². The first kappa shape index (κ1) is 120. The number of likely N-dealkylation sites (tertiary alicyclic amines) is 1. The zero-order chi connectivity index (χ0) is 103. The highest BCUT2D eigenvalue weighted by Gasteiger charge is 2.50. The van der Waals surface area contributed by atoms with Gasteiger partial charge in [0, 0.05) is 144 Å². The molecule has 53 heteroatoms. The standard InChI is InChI=1S/C88H151N16O36P/c1-54(109)99-73-80(124)77(121)61(45-106)137-85(73)132-35-15-12-21-64(113)90-29-18-32-93-67(116)26-38-129-49-88(50-130-39-27-68(117)94-33-19-30-91-65(114)22-13-16-36-133-86-74(100-55(2)110)81(125)78(122)62(46-107)138-86,51-131-40-28-69(118)95-34-20-31-92-66(115)23-14-17-37-134-87-75(101-56(3)111)82(126)79(123)63(47-108)139-87)102-70(119)24-10-8-6-4-5-7-9-11-25-71(120)103-43-58(112)41-57(103)48-135-141(127,128)140-59-42-72(136-60(59)44-105)104-53-98-76-83(89)96-52-97-84(76)104/h52-53,57-63,72-75,77-82,85-87,105-108,112,121-126H,4-51H2,1-3H3,(H,90,113)(H,91,114)(H,92,115)(H,93,116)(H,94,117)(H,95,118)(H,99,109)(H,100,110)(H,101,111)(H,102,119)(H,127,128)(H2,89,96,97)/t57-,58+,59-,60+,61+,62+,63+,72+,73+,74+,75+,77-,78-,79-,80+,81+,82+,85+,86+,87+/m0/s1. The number of nitrogens with two attached hydrogens (primary N) is 1. The van der Waals surface area contributed by atoms with E-state index in [1.165, 1.54) is 38.3 Å². The van der Waals surface area contributed by atoms with E-state index in [4.69, 9.17) is 62.1 Å². The fourth-order valence-corrected chi connectivity index (χ4v) is 17.4. The van der Waals surface area contributed by atoms with Crippen LogP contribution in [0.3, 0.4) is 0 Å². The minimum absolute atomic E-state index is 0.00218. The second kappa shape index (κ2) is 64.6. The largest absolute Gasteiger partial charge is 0.472 e. The molecule has 0 bridgehead atoms. The van der Waals surface area contributed by atoms with E-state index >= 15 is 0 Å². The van der Waals surface area contributed by atoms with Crippen LogP contribution in [0.4, 0.5) is 5.82 Å². The number of amides is 11. The predicted molar refractivity (Wildman–Crippen MR) is 493 cm³/mol. The first-order valence-electron chi connectivity index (χ1n) is 48.6. The van der Waals surface area contributed by atoms with Crippen LogP contribution in [0.15, 0.2) is 12.7 Å². The third kappa shape index (κ3) is 42.8. The highest BCUT2D eigenvalue weighted by molar-refractivity contribution is 7.47. The molecule has 2 aromatic heterocycles. The summed E-state index contributed by atoms with van der Waals surface area (Å²) in [4.78, 5) is 166. The molecule has 7 rings (SSSR count). The lowest BCUT2D eigenvalue weighted by atomic mass is 9.97. The molecule has 141 heavy (non-hydrogen) atoms. The van der Waals surface area contributed by atoms with Crippen LogP contribution in [-0.2, 0) is 114 Å². The normalized spacial score (nSPS) is 25.6. The molecule has 0 saturated carbocycles. The Balaban J connectivity index is 0.879. The van der Waals surface area contributed by atoms with Crippen molar-refractivity contribution in [2.24, 2.45) is 0 Å². The van der Waals surface area contributed by atoms with Crippen molar-refractivity contribution in [3.63, 3.8) is 0 Å². The maximum atomic E-state index is 14.2. The number of aliphatic hydroxyl groups is 11. The van der Waals surface area contributed by atoms with Crippen LogP contribution in [0.1, 0.15) is 200 Å². The monoisotopic (exact) mass is 2040 g/mol. The Morgan fingerprint density at radius 2 is 0.801 bits per heavy atom. The second-order valence-electron chi connectivity index (χ2n) is 35.6. The number of carbonyl (C=O) groups excluding carboxylic acids is 11. The number of aromatic nitrogens is 4. The molecule has 2 aromatic rings. The van der Waals surface area contributed by atoms with Crippen LogP contribution >= 0.6 is 7.82 Å². The Hall–Kier alpha value is -8.21. The number of rotatable bonds is 70. The van der Waals surface area contributed by atoms with Gasteiger partial charge in [-0.15, -0.1) is 0 Å². The van der Waals surface area contributed by atoms with Crippen molar-refractivity contribution in [3.05, 3.63) is 12.7 Å². The number of nitrogen functional groups attached to an aromatic ring is 1. The summed E-state index contributed by atoms with van der Waals surface area (Å²) in [5, 5.41) is 139. The number of aliphatic hydroxyl groups excluding tert-OH is 11. The van der Waals surface area contributed by atoms with Crippen molar-refractivity contribution in [2.45, 2.75) is 322 Å². The van der Waals surface area contributed by atoms with E-state index in [1.807, 2.05) is 0 Å². The number of hydrogen-bond acceptors (Lipinski definition) is 39. The minimum Gasteiger partial charge on any atom is -0.394 e. The molecule has 24 N–H and O–H groups in total. The molecule has 0 aliphatic carbocycles. The molecule has 5 aliphatic heterocycles. The lowest BCUT2D eigenvalue weighted by Crippen LogP contribution is -2.64. The van der Waals surface area contributed by atoms with Gasteiger partial charge in [0.15, 0.2) is 30.3 Å². The van der Waals surface area contributed by atoms with E-state index in [2.05, 4.69) is 68.1 Å². The van der Waals surface area contributed by atoms with Gasteiger partial charge in [-0.3, -0.25) is 66.4 Å². The summed E-state index contributed by atoms with van der Waals surface area (Å²) in [7, 11) is -4.82. The van der Waals surface area contributed by atoms with Gasteiger partial charge in [-0.2, -0.15) is 0 Å². The molecule has 7 heterocycles. The number of unbranched alkanes of at least 4 members (excludes halogenated alkanes) is 10. The van der Waals surface area contributed by atoms with Gasteiger partial charge >= 0.3 is 7.82 Å². The second-order valence-corrected chi connectivity index (χ2v) is 37.0. The Kier molecular flexibility index (Phi) is 54.9. The number of β-amino-alcohol motifs (C(OH)–C–C–N with tert-alkyl or cyclic N) is 1. The van der Waals surface area contributed by atoms with E-state index < -0.39 is 210 Å². The minimum atomic E-state index is -4.82. The third-order valence-corrected chi connectivity index (χ3v) is 25.0. The number of hydrogen-bond donors (Lipinski definition) is 23. The molecule has 0 radical (unpaired) electrons. The highest BCUT2D eigenvalue weighted by atomic mass is 31.2. The Morgan fingerprint density at radius 1 is 0.440 bits per heavy atom. The average Bonchev–Trinajstić information content (AvgIpc) is 1.61. The lowest BCUT2D eigenvalue weighted by molar-refractivity contribution is -0.270. The van der Waals surface area contributed by atoms with Gasteiger partial charge in [-0.25, -0.2) is 19.5 Å². The molecule has 11 amide bonds. The number of phosphoric acid groups is 1. The number of anilines is 1. The zero-order valence-corrected chi connectivity index (χ0v) is 81.5. The summed E-state index contributed by atoms with van der Waals surface area (Å²) in [6, 6.07) is -4.08. The number of imidazole rings is 1. The number of carbonyl (C=O) groups is 11. The first-order valence-corrected chi connectivity index (χ1v) is 50.1. The van der Waals surface area contributed by atoms with Crippen molar-refractivity contribution in [1.82, 2.24) is 77.6 Å². The van der Waals surface area contributed by atoms with Crippen molar-refractivity contribution >= 4 is 89.8 Å². The van der Waals surface area contributed by atoms with Crippen molar-refractivity contribution in [1.29, 1.82) is 0 Å². The summed E-state index contributed by atoms with van der Waals surface area (Å²) in [5.74, 6) is -4.11. The predicted octanol–water partition coefficient (Wildman–Crippen LogP) is -5.61. The summed E-state index contributed by atoms with van der Waals surface area (Å²) < 4.78 is 84.1. The first-order chi connectivity index (χ1) is 67.6. The summed E-state index contributed by atoms with van der Waals surface area (Å²) in [5.41, 5.74) is 5.10. The smallest absolute Gasteiger partial charge is 0.394 e. The summed E-state index contributed by atoms with van der Waals surface area (Å²) in [6.45, 7) is 0.784. The molecule has 0 spiro atoms. The zero-order valence-electron chi connectivity index (χ0n) is 80.6. The average molecular weight is 2040 g/mol. The highest BCUT2D eigenvalue weighted by Crippen LogP contribution is 2.49. The van der Waals surface area contributed by atoms with Crippen LogP contribution in [0.5, 0.6) is 0 Å².